The Morgan fingerprint density at radius 1 is 1.09 bits per heavy atom. The molecule has 2 aromatic carbocycles. The highest BCUT2D eigenvalue weighted by molar-refractivity contribution is 5.69. The first kappa shape index (κ1) is 34.0. The van der Waals surface area contributed by atoms with Crippen molar-refractivity contribution in [3.05, 3.63) is 95.9 Å². The van der Waals surface area contributed by atoms with Crippen LogP contribution in [-0.4, -0.2) is 60.1 Å². The highest BCUT2D eigenvalue weighted by Crippen LogP contribution is 2.44. The molecule has 2 aromatic heterocycles. The van der Waals surface area contributed by atoms with Crippen LogP contribution < -0.4 is 18.9 Å². The Morgan fingerprint density at radius 2 is 1.66 bits per heavy atom. The van der Waals surface area contributed by atoms with Gasteiger partial charge in [0, 0.05) is 18.6 Å². The average molecular weight is 647 g/mol. The van der Waals surface area contributed by atoms with Gasteiger partial charge in [0.05, 0.1) is 57.6 Å². The molecule has 0 saturated heterocycles. The van der Waals surface area contributed by atoms with Gasteiger partial charge in [-0.15, -0.1) is 6.58 Å². The lowest BCUT2D eigenvalue weighted by Crippen LogP contribution is -2.28. The van der Waals surface area contributed by atoms with Gasteiger partial charge in [0.15, 0.2) is 46.9 Å². The minimum atomic E-state index is -1.05. The minimum absolute atomic E-state index is 0.0728. The van der Waals surface area contributed by atoms with Gasteiger partial charge in [-0.2, -0.15) is 15.5 Å². The third-order valence-corrected chi connectivity index (χ3v) is 7.25. The van der Waals surface area contributed by atoms with Gasteiger partial charge in [0.25, 0.3) is 0 Å². The number of methoxy groups -OCH3 is 3. The number of nitriles is 1. The predicted octanol–water partition coefficient (Wildman–Crippen LogP) is 5.69. The first-order chi connectivity index (χ1) is 22.7. The molecule has 0 aliphatic carbocycles. The van der Waals surface area contributed by atoms with Crippen LogP contribution in [0.25, 0.3) is 16.2 Å². The van der Waals surface area contributed by atoms with E-state index < -0.39 is 23.1 Å². The summed E-state index contributed by atoms with van der Waals surface area (Å²) >= 11 is 0. The van der Waals surface area contributed by atoms with E-state index in [0.717, 1.165) is 0 Å². The van der Waals surface area contributed by atoms with E-state index in [9.17, 15) is 13.6 Å². The molecule has 244 valence electrons. The summed E-state index contributed by atoms with van der Waals surface area (Å²) in [4.78, 5) is 15.2. The Morgan fingerprint density at radius 3 is 2.21 bits per heavy atom. The Kier molecular flexibility index (Phi) is 10.8. The zero-order valence-corrected chi connectivity index (χ0v) is 26.2. The van der Waals surface area contributed by atoms with Crippen molar-refractivity contribution in [2.75, 3.05) is 34.5 Å². The number of aromatic nitrogens is 4. The number of ether oxygens (including phenoxy) is 5. The zero-order chi connectivity index (χ0) is 34.1. The second-order valence-corrected chi connectivity index (χ2v) is 10.1. The quantitative estimate of drug-likeness (QED) is 0.141. The topological polar surface area (TPSA) is 127 Å². The number of carbonyl (C=O) groups excluding carboxylic acids is 1. The Hall–Kier alpha value is -5.89. The lowest BCUT2D eigenvalue weighted by Gasteiger charge is -2.17. The van der Waals surface area contributed by atoms with E-state index in [2.05, 4.69) is 32.4 Å². The molecule has 0 bridgehead atoms. The fourth-order valence-corrected chi connectivity index (χ4v) is 4.96. The fraction of sp³-hybridized carbons (Fsp3) is 0.303. The number of nitrogens with zero attached hydrogens (tertiary/aromatic N) is 6. The molecule has 2 aliphatic heterocycles. The normalized spacial score (nSPS) is 16.6. The Labute approximate surface area is 270 Å². The van der Waals surface area contributed by atoms with Crippen LogP contribution in [-0.2, 0) is 15.1 Å². The summed E-state index contributed by atoms with van der Waals surface area (Å²) in [6.45, 7) is 13.4. The summed E-state index contributed by atoms with van der Waals surface area (Å²) in [6.07, 6.45) is 5.14. The number of hydrogen-bond donors (Lipinski definition) is 0. The van der Waals surface area contributed by atoms with Gasteiger partial charge in [-0.1, -0.05) is 6.08 Å². The summed E-state index contributed by atoms with van der Waals surface area (Å²) in [5, 5.41) is 17.5. The van der Waals surface area contributed by atoms with Crippen LogP contribution in [0.15, 0.2) is 61.4 Å². The molecule has 47 heavy (non-hydrogen) atoms. The van der Waals surface area contributed by atoms with Crippen molar-refractivity contribution in [3.63, 3.8) is 0 Å². The van der Waals surface area contributed by atoms with E-state index in [1.807, 2.05) is 6.92 Å². The van der Waals surface area contributed by atoms with E-state index in [1.54, 1.807) is 29.1 Å². The second-order valence-electron chi connectivity index (χ2n) is 10.1. The number of benzene rings is 2. The molecule has 0 N–H and O–H groups in total. The maximum atomic E-state index is 13.7. The first-order valence-corrected chi connectivity index (χ1v) is 14.2. The van der Waals surface area contributed by atoms with Gasteiger partial charge in [-0.3, -0.25) is 9.64 Å². The predicted molar refractivity (Wildman–Crippen MR) is 165 cm³/mol. The lowest BCUT2D eigenvalue weighted by atomic mass is 9.92. The fourth-order valence-electron chi connectivity index (χ4n) is 4.96. The smallest absolute Gasteiger partial charge is 0.311 e. The molecule has 4 aromatic rings. The van der Waals surface area contributed by atoms with Crippen molar-refractivity contribution in [1.29, 1.82) is 5.26 Å². The van der Waals surface area contributed by atoms with E-state index in [0.29, 0.717) is 40.9 Å². The summed E-state index contributed by atoms with van der Waals surface area (Å²) in [7, 11) is 4.08. The number of fused-ring (bicyclic) bond motifs is 2. The van der Waals surface area contributed by atoms with Crippen LogP contribution in [0.2, 0.25) is 0 Å². The first-order valence-electron chi connectivity index (χ1n) is 14.2. The lowest BCUT2D eigenvalue weighted by molar-refractivity contribution is -0.141. The van der Waals surface area contributed by atoms with Crippen molar-refractivity contribution >= 4 is 5.97 Å². The number of esters is 1. The molecular formula is C33H32F2N6O6. The van der Waals surface area contributed by atoms with E-state index >= 15 is 0 Å². The summed E-state index contributed by atoms with van der Waals surface area (Å²) in [5.74, 6) is -0.423. The maximum absolute atomic E-state index is 13.7. The van der Waals surface area contributed by atoms with Crippen LogP contribution in [0.1, 0.15) is 37.1 Å². The number of allylic oxidation sites excluding steroid dienone is 1. The molecule has 0 spiro atoms. The monoisotopic (exact) mass is 646 g/mol. The van der Waals surface area contributed by atoms with Crippen LogP contribution in [0.3, 0.4) is 0 Å². The third kappa shape index (κ3) is 6.87. The molecule has 0 amide bonds. The minimum Gasteiger partial charge on any atom is -0.494 e. The van der Waals surface area contributed by atoms with Gasteiger partial charge in [-0.05, 0) is 31.2 Å². The van der Waals surface area contributed by atoms with E-state index in [4.69, 9.17) is 30.8 Å². The highest BCUT2D eigenvalue weighted by atomic mass is 19.1. The van der Waals surface area contributed by atoms with Crippen LogP contribution >= 0.6 is 0 Å². The Bertz CT molecular complexity index is 1840. The SMILES string of the molecule is C=CC.COc1cc(-n2ncc3c2C(C#N)CO3)ccc1F.[C-]#[N+]C1(CCC(=O)OC)COc2cnn(-c3ccc(F)c(OC)c3)c21. The van der Waals surface area contributed by atoms with Gasteiger partial charge in [0.2, 0.25) is 0 Å². The summed E-state index contributed by atoms with van der Waals surface area (Å²) < 4.78 is 55.8. The molecule has 12 nitrogen and oxygen atoms in total. The van der Waals surface area contributed by atoms with Crippen molar-refractivity contribution in [1.82, 2.24) is 19.6 Å². The summed E-state index contributed by atoms with van der Waals surface area (Å²) in [6, 6.07) is 10.9. The molecule has 0 radical (unpaired) electrons. The zero-order valence-electron chi connectivity index (χ0n) is 26.2. The van der Waals surface area contributed by atoms with Gasteiger partial charge < -0.3 is 23.7 Å². The van der Waals surface area contributed by atoms with Crippen molar-refractivity contribution in [2.45, 2.75) is 31.2 Å². The molecule has 0 saturated carbocycles. The number of hydrogen-bond acceptors (Lipinski definition) is 9. The standard InChI is InChI=1S/C17H16FN3O4.C13H10FN3O2.C3H6/c1-19-17(7-6-15(22)24-3)10-25-14-9-20-21(16(14)17)11-4-5-12(18)13(8-11)23-2;1-18-11-4-9(2-3-10(11)14)17-13-8(5-15)7-19-12(13)6-16-17;1-3-2/h4-5,8-9H,6-7,10H2,2-3H3;2-4,6,8H,7H2,1H3;3H,1H2,2H3. The molecule has 2 unspecified atom stereocenters. The third-order valence-electron chi connectivity index (χ3n) is 7.25. The molecule has 6 rings (SSSR count). The number of halogens is 2. The number of carbonyl (C=O) groups is 1. The van der Waals surface area contributed by atoms with Crippen LogP contribution in [0.5, 0.6) is 23.0 Å². The molecule has 2 aliphatic rings. The molecule has 4 heterocycles. The van der Waals surface area contributed by atoms with Crippen molar-refractivity contribution < 1.29 is 37.3 Å². The maximum Gasteiger partial charge on any atom is 0.311 e. The van der Waals surface area contributed by atoms with Crippen LogP contribution in [0, 0.1) is 29.5 Å². The molecule has 14 heteroatoms. The molecule has 0 fully saturated rings. The average Bonchev–Trinajstić information content (AvgIpc) is 3.87. The van der Waals surface area contributed by atoms with Gasteiger partial charge >= 0.3 is 11.5 Å². The van der Waals surface area contributed by atoms with Gasteiger partial charge in [0.1, 0.15) is 18.2 Å². The highest BCUT2D eigenvalue weighted by Gasteiger charge is 2.51. The largest absolute Gasteiger partial charge is 0.494 e. The second kappa shape index (κ2) is 14.9. The van der Waals surface area contributed by atoms with Crippen molar-refractivity contribution in [2.24, 2.45) is 0 Å². The number of rotatable bonds is 7. The Balaban J connectivity index is 0.000000202. The molecule has 2 atom stereocenters. The van der Waals surface area contributed by atoms with Crippen molar-refractivity contribution in [3.8, 4) is 40.4 Å². The van der Waals surface area contributed by atoms with E-state index in [-0.39, 0.29) is 36.9 Å². The van der Waals surface area contributed by atoms with Crippen LogP contribution in [0.4, 0.5) is 8.78 Å². The van der Waals surface area contributed by atoms with E-state index in [1.165, 1.54) is 56.5 Å². The molecular weight excluding hydrogens is 614 g/mol. The van der Waals surface area contributed by atoms with Gasteiger partial charge in [-0.25, -0.2) is 24.7 Å². The summed E-state index contributed by atoms with van der Waals surface area (Å²) in [5.41, 5.74) is 1.35.